The molecular weight excluding hydrogens is 254 g/mol. The second-order valence-corrected chi connectivity index (χ2v) is 7.83. The zero-order chi connectivity index (χ0) is 14.0. The van der Waals surface area contributed by atoms with Crippen molar-refractivity contribution in [1.82, 2.24) is 4.98 Å². The Morgan fingerprint density at radius 1 is 1.42 bits per heavy atom. The summed E-state index contributed by atoms with van der Waals surface area (Å²) >= 11 is 1.68. The molecule has 1 saturated carbocycles. The van der Waals surface area contributed by atoms with Crippen molar-refractivity contribution in [2.45, 2.75) is 71.3 Å². The van der Waals surface area contributed by atoms with Crippen LogP contribution in [0.1, 0.15) is 76.6 Å². The van der Waals surface area contributed by atoms with Crippen LogP contribution in [0.15, 0.2) is 5.38 Å². The molecular formula is C16H27NOS. The average molecular weight is 281 g/mol. The summed E-state index contributed by atoms with van der Waals surface area (Å²) in [7, 11) is 0. The summed E-state index contributed by atoms with van der Waals surface area (Å²) in [4.78, 5) is 4.68. The number of aliphatic hydroxyl groups excluding tert-OH is 1. The molecule has 19 heavy (non-hydrogen) atoms. The summed E-state index contributed by atoms with van der Waals surface area (Å²) in [5.74, 6) is 1.21. The molecule has 0 radical (unpaired) electrons. The second-order valence-electron chi connectivity index (χ2n) is 6.97. The number of aliphatic hydroxyl groups is 1. The van der Waals surface area contributed by atoms with E-state index in [2.05, 4.69) is 38.1 Å². The molecule has 3 atom stereocenters. The Labute approximate surface area is 121 Å². The predicted octanol–water partition coefficient (Wildman–Crippen LogP) is 4.69. The van der Waals surface area contributed by atoms with Gasteiger partial charge in [-0.2, -0.15) is 0 Å². The lowest BCUT2D eigenvalue weighted by Crippen LogP contribution is -2.21. The minimum Gasteiger partial charge on any atom is -0.386 e. The van der Waals surface area contributed by atoms with E-state index in [0.717, 1.165) is 23.0 Å². The van der Waals surface area contributed by atoms with E-state index < -0.39 is 0 Å². The molecule has 2 rings (SSSR count). The van der Waals surface area contributed by atoms with E-state index in [-0.39, 0.29) is 11.5 Å². The van der Waals surface area contributed by atoms with Crippen molar-refractivity contribution in [3.8, 4) is 0 Å². The van der Waals surface area contributed by atoms with Crippen LogP contribution >= 0.6 is 11.3 Å². The molecule has 0 saturated heterocycles. The molecule has 0 amide bonds. The van der Waals surface area contributed by atoms with Gasteiger partial charge < -0.3 is 5.11 Å². The maximum absolute atomic E-state index is 10.6. The zero-order valence-electron chi connectivity index (χ0n) is 12.6. The minimum atomic E-state index is -0.360. The highest BCUT2D eigenvalue weighted by Crippen LogP contribution is 2.39. The fourth-order valence-electron chi connectivity index (χ4n) is 3.00. The summed E-state index contributed by atoms with van der Waals surface area (Å²) < 4.78 is 0. The van der Waals surface area contributed by atoms with Crippen molar-refractivity contribution >= 4 is 11.3 Å². The molecule has 1 aromatic rings. The summed E-state index contributed by atoms with van der Waals surface area (Å²) in [6.07, 6.45) is 5.80. The van der Waals surface area contributed by atoms with E-state index in [1.807, 2.05) is 0 Å². The van der Waals surface area contributed by atoms with Gasteiger partial charge in [0.15, 0.2) is 0 Å². The van der Waals surface area contributed by atoms with Gasteiger partial charge in [0.2, 0.25) is 0 Å². The van der Waals surface area contributed by atoms with Crippen molar-refractivity contribution < 1.29 is 5.11 Å². The van der Waals surface area contributed by atoms with Gasteiger partial charge in [-0.25, -0.2) is 4.98 Å². The molecule has 0 bridgehead atoms. The van der Waals surface area contributed by atoms with Crippen LogP contribution in [0.2, 0.25) is 0 Å². The van der Waals surface area contributed by atoms with Crippen LogP contribution in [0.4, 0.5) is 0 Å². The summed E-state index contributed by atoms with van der Waals surface area (Å²) in [6, 6.07) is 0. The van der Waals surface area contributed by atoms with Crippen molar-refractivity contribution in [1.29, 1.82) is 0 Å². The number of hydrogen-bond donors (Lipinski definition) is 1. The molecule has 1 aliphatic carbocycles. The van der Waals surface area contributed by atoms with Gasteiger partial charge in [-0.3, -0.25) is 0 Å². The third-order valence-corrected chi connectivity index (χ3v) is 5.60. The Kier molecular flexibility index (Phi) is 4.67. The quantitative estimate of drug-likeness (QED) is 0.872. The van der Waals surface area contributed by atoms with Crippen LogP contribution in [0, 0.1) is 11.8 Å². The SMILES string of the molecule is CCC1CCCC(C(O)c2csc(C(C)(C)C)n2)C1. The fourth-order valence-corrected chi connectivity index (χ4v) is 3.93. The van der Waals surface area contributed by atoms with Gasteiger partial charge >= 0.3 is 0 Å². The van der Waals surface area contributed by atoms with E-state index in [4.69, 9.17) is 0 Å². The third-order valence-electron chi connectivity index (χ3n) is 4.31. The normalized spacial score (nSPS) is 26.4. The minimum absolute atomic E-state index is 0.0845. The molecule has 1 heterocycles. The maximum Gasteiger partial charge on any atom is 0.0996 e. The zero-order valence-corrected chi connectivity index (χ0v) is 13.5. The fraction of sp³-hybridized carbons (Fsp3) is 0.812. The lowest BCUT2D eigenvalue weighted by molar-refractivity contribution is 0.0648. The molecule has 1 aromatic heterocycles. The number of thiazole rings is 1. The van der Waals surface area contributed by atoms with E-state index in [9.17, 15) is 5.11 Å². The Balaban J connectivity index is 2.06. The highest BCUT2D eigenvalue weighted by atomic mass is 32.1. The average Bonchev–Trinajstić information content (AvgIpc) is 2.87. The molecule has 1 fully saturated rings. The topological polar surface area (TPSA) is 33.1 Å². The predicted molar refractivity (Wildman–Crippen MR) is 81.5 cm³/mol. The van der Waals surface area contributed by atoms with Crippen molar-refractivity contribution in [3.05, 3.63) is 16.1 Å². The van der Waals surface area contributed by atoms with Gasteiger partial charge in [0, 0.05) is 10.8 Å². The Morgan fingerprint density at radius 3 is 2.74 bits per heavy atom. The molecule has 0 aliphatic heterocycles. The van der Waals surface area contributed by atoms with E-state index in [1.54, 1.807) is 11.3 Å². The van der Waals surface area contributed by atoms with Crippen molar-refractivity contribution in [3.63, 3.8) is 0 Å². The van der Waals surface area contributed by atoms with Gasteiger partial charge in [-0.15, -0.1) is 11.3 Å². The number of nitrogens with zero attached hydrogens (tertiary/aromatic N) is 1. The second kappa shape index (κ2) is 5.92. The summed E-state index contributed by atoms with van der Waals surface area (Å²) in [6.45, 7) is 8.79. The first-order valence-corrected chi connectivity index (χ1v) is 8.43. The van der Waals surface area contributed by atoms with Crippen molar-refractivity contribution in [2.24, 2.45) is 11.8 Å². The summed E-state index contributed by atoms with van der Waals surface area (Å²) in [5, 5.41) is 13.8. The van der Waals surface area contributed by atoms with E-state index in [0.29, 0.717) is 5.92 Å². The Bertz CT molecular complexity index is 407. The standard InChI is InChI=1S/C16H27NOS/c1-5-11-7-6-8-12(9-11)14(18)13-10-19-15(17-13)16(2,3)4/h10-12,14,18H,5-9H2,1-4H3. The van der Waals surface area contributed by atoms with Gasteiger partial charge in [0.25, 0.3) is 0 Å². The van der Waals surface area contributed by atoms with Crippen molar-refractivity contribution in [2.75, 3.05) is 0 Å². The molecule has 1 N–H and O–H groups in total. The first-order chi connectivity index (χ1) is 8.91. The molecule has 0 aromatic carbocycles. The van der Waals surface area contributed by atoms with Crippen LogP contribution in [0.3, 0.4) is 0 Å². The number of rotatable bonds is 3. The Hall–Kier alpha value is -0.410. The third kappa shape index (κ3) is 3.57. The van der Waals surface area contributed by atoms with Crippen LogP contribution in [0.5, 0.6) is 0 Å². The van der Waals surface area contributed by atoms with Gasteiger partial charge in [-0.1, -0.05) is 47.0 Å². The van der Waals surface area contributed by atoms with Crippen LogP contribution < -0.4 is 0 Å². The van der Waals surface area contributed by atoms with Gasteiger partial charge in [0.1, 0.15) is 0 Å². The lowest BCUT2D eigenvalue weighted by atomic mass is 9.77. The smallest absolute Gasteiger partial charge is 0.0996 e. The van der Waals surface area contributed by atoms with Crippen LogP contribution in [0.25, 0.3) is 0 Å². The highest BCUT2D eigenvalue weighted by molar-refractivity contribution is 7.09. The van der Waals surface area contributed by atoms with Crippen LogP contribution in [-0.2, 0) is 5.41 Å². The maximum atomic E-state index is 10.6. The molecule has 1 aliphatic rings. The van der Waals surface area contributed by atoms with E-state index >= 15 is 0 Å². The summed E-state index contributed by atoms with van der Waals surface area (Å²) in [5.41, 5.74) is 0.984. The largest absolute Gasteiger partial charge is 0.386 e. The number of hydrogen-bond acceptors (Lipinski definition) is 3. The first-order valence-electron chi connectivity index (χ1n) is 7.55. The van der Waals surface area contributed by atoms with Crippen LogP contribution in [-0.4, -0.2) is 10.1 Å². The Morgan fingerprint density at radius 2 is 2.16 bits per heavy atom. The number of aromatic nitrogens is 1. The molecule has 2 nitrogen and oxygen atoms in total. The molecule has 3 unspecified atom stereocenters. The molecule has 108 valence electrons. The van der Waals surface area contributed by atoms with Gasteiger partial charge in [0.05, 0.1) is 16.8 Å². The first kappa shape index (κ1) is 15.0. The monoisotopic (exact) mass is 281 g/mol. The highest BCUT2D eigenvalue weighted by Gasteiger charge is 2.29. The lowest BCUT2D eigenvalue weighted by Gasteiger charge is -2.31. The van der Waals surface area contributed by atoms with E-state index in [1.165, 1.54) is 25.7 Å². The molecule has 0 spiro atoms. The molecule has 3 heteroatoms. The van der Waals surface area contributed by atoms with Gasteiger partial charge in [-0.05, 0) is 24.7 Å².